The predicted molar refractivity (Wildman–Crippen MR) is 99.7 cm³/mol. The van der Waals surface area contributed by atoms with E-state index in [4.69, 9.17) is 9.47 Å². The minimum Gasteiger partial charge on any atom is -0.496 e. The van der Waals surface area contributed by atoms with Crippen molar-refractivity contribution >= 4 is 12.0 Å². The average Bonchev–Trinajstić information content (AvgIpc) is 2.67. The number of benzene rings is 2. The van der Waals surface area contributed by atoms with Crippen LogP contribution in [0.1, 0.15) is 11.1 Å². The van der Waals surface area contributed by atoms with Gasteiger partial charge in [0.2, 0.25) is 0 Å². The van der Waals surface area contributed by atoms with Gasteiger partial charge >= 0.3 is 0 Å². The molecule has 0 saturated heterocycles. The largest absolute Gasteiger partial charge is 0.496 e. The lowest BCUT2D eigenvalue weighted by atomic mass is 10.2. The number of rotatable bonds is 9. The SMILES string of the molecule is CNC(=O)COc1ccc(CNCC=Cc2ccccc2OC)cc1. The zero-order valence-electron chi connectivity index (χ0n) is 14.6. The molecule has 2 rings (SSSR count). The Morgan fingerprint density at radius 2 is 1.88 bits per heavy atom. The Labute approximate surface area is 148 Å². The Morgan fingerprint density at radius 1 is 1.12 bits per heavy atom. The minimum atomic E-state index is -0.146. The maximum atomic E-state index is 11.1. The van der Waals surface area contributed by atoms with Crippen molar-refractivity contribution in [1.82, 2.24) is 10.6 Å². The Hall–Kier alpha value is -2.79. The van der Waals surface area contributed by atoms with Crippen LogP contribution in [0.25, 0.3) is 6.08 Å². The Bertz CT molecular complexity index is 696. The van der Waals surface area contributed by atoms with Gasteiger partial charge in [-0.3, -0.25) is 4.79 Å². The van der Waals surface area contributed by atoms with E-state index in [2.05, 4.69) is 16.7 Å². The molecule has 25 heavy (non-hydrogen) atoms. The van der Waals surface area contributed by atoms with E-state index in [0.717, 1.165) is 30.0 Å². The van der Waals surface area contributed by atoms with Crippen LogP contribution in [0.5, 0.6) is 11.5 Å². The van der Waals surface area contributed by atoms with Crippen LogP contribution in [0.2, 0.25) is 0 Å². The van der Waals surface area contributed by atoms with Crippen molar-refractivity contribution < 1.29 is 14.3 Å². The average molecular weight is 340 g/mol. The zero-order chi connectivity index (χ0) is 17.9. The number of likely N-dealkylation sites (N-methyl/N-ethyl adjacent to an activating group) is 1. The number of methoxy groups -OCH3 is 1. The van der Waals surface area contributed by atoms with E-state index < -0.39 is 0 Å². The van der Waals surface area contributed by atoms with Gasteiger partial charge in [0, 0.05) is 25.7 Å². The summed E-state index contributed by atoms with van der Waals surface area (Å²) < 4.78 is 10.7. The maximum Gasteiger partial charge on any atom is 0.257 e. The number of hydrogen-bond acceptors (Lipinski definition) is 4. The first-order chi connectivity index (χ1) is 12.2. The summed E-state index contributed by atoms with van der Waals surface area (Å²) in [6, 6.07) is 15.6. The van der Waals surface area contributed by atoms with Gasteiger partial charge in [-0.15, -0.1) is 0 Å². The molecule has 0 aliphatic rings. The number of ether oxygens (including phenoxy) is 2. The Kier molecular flexibility index (Phi) is 7.53. The molecule has 132 valence electrons. The van der Waals surface area contributed by atoms with Crippen molar-refractivity contribution in [2.24, 2.45) is 0 Å². The van der Waals surface area contributed by atoms with Crippen molar-refractivity contribution in [2.75, 3.05) is 27.3 Å². The Balaban J connectivity index is 1.74. The number of carbonyl (C=O) groups is 1. The molecule has 1 amide bonds. The third kappa shape index (κ3) is 6.31. The topological polar surface area (TPSA) is 59.6 Å². The summed E-state index contributed by atoms with van der Waals surface area (Å²) in [6.45, 7) is 1.54. The molecule has 2 aromatic carbocycles. The molecule has 0 aliphatic heterocycles. The molecule has 5 heteroatoms. The van der Waals surface area contributed by atoms with Crippen molar-refractivity contribution in [1.29, 1.82) is 0 Å². The van der Waals surface area contributed by atoms with Gasteiger partial charge in [0.05, 0.1) is 7.11 Å². The first kappa shape index (κ1) is 18.5. The molecule has 0 spiro atoms. The van der Waals surface area contributed by atoms with Crippen LogP contribution >= 0.6 is 0 Å². The highest BCUT2D eigenvalue weighted by Gasteiger charge is 2.00. The number of amides is 1. The monoisotopic (exact) mass is 340 g/mol. The number of para-hydroxylation sites is 1. The lowest BCUT2D eigenvalue weighted by Gasteiger charge is -2.07. The van der Waals surface area contributed by atoms with Crippen LogP contribution in [0, 0.1) is 0 Å². The fourth-order valence-electron chi connectivity index (χ4n) is 2.21. The fourth-order valence-corrected chi connectivity index (χ4v) is 2.21. The standard InChI is InChI=1S/C20H24N2O3/c1-21-20(23)15-25-18-11-9-16(10-12-18)14-22-13-5-7-17-6-3-4-8-19(17)24-2/h3-12,22H,13-15H2,1-2H3,(H,21,23). The second-order valence-corrected chi connectivity index (χ2v) is 5.38. The molecule has 0 radical (unpaired) electrons. The molecule has 2 aromatic rings. The van der Waals surface area contributed by atoms with Gasteiger partial charge in [-0.05, 0) is 23.8 Å². The van der Waals surface area contributed by atoms with Crippen LogP contribution in [0.3, 0.4) is 0 Å². The summed E-state index contributed by atoms with van der Waals surface area (Å²) >= 11 is 0. The lowest BCUT2D eigenvalue weighted by Crippen LogP contribution is -2.24. The van der Waals surface area contributed by atoms with Gasteiger partial charge in [0.1, 0.15) is 11.5 Å². The van der Waals surface area contributed by atoms with Gasteiger partial charge in [-0.25, -0.2) is 0 Å². The van der Waals surface area contributed by atoms with Crippen LogP contribution in [-0.2, 0) is 11.3 Å². The molecule has 0 bridgehead atoms. The molecule has 0 aromatic heterocycles. The third-order valence-electron chi connectivity index (χ3n) is 3.60. The normalized spacial score (nSPS) is 10.6. The van der Waals surface area contributed by atoms with Crippen LogP contribution in [0.4, 0.5) is 0 Å². The van der Waals surface area contributed by atoms with Crippen LogP contribution in [-0.4, -0.2) is 33.2 Å². The van der Waals surface area contributed by atoms with E-state index in [-0.39, 0.29) is 12.5 Å². The van der Waals surface area contributed by atoms with E-state index in [0.29, 0.717) is 5.75 Å². The molecule has 0 unspecified atom stereocenters. The van der Waals surface area contributed by atoms with E-state index >= 15 is 0 Å². The third-order valence-corrected chi connectivity index (χ3v) is 3.60. The summed E-state index contributed by atoms with van der Waals surface area (Å²) in [5.74, 6) is 1.40. The molecule has 0 fully saturated rings. The van der Waals surface area contributed by atoms with Crippen LogP contribution in [0.15, 0.2) is 54.6 Å². The summed E-state index contributed by atoms with van der Waals surface area (Å²) in [6.07, 6.45) is 4.11. The number of hydrogen-bond donors (Lipinski definition) is 2. The molecular weight excluding hydrogens is 316 g/mol. The first-order valence-electron chi connectivity index (χ1n) is 8.15. The summed E-state index contributed by atoms with van der Waals surface area (Å²) in [5, 5.41) is 5.87. The highest BCUT2D eigenvalue weighted by molar-refractivity contribution is 5.77. The summed E-state index contributed by atoms with van der Waals surface area (Å²) in [5.41, 5.74) is 2.21. The molecule has 2 N–H and O–H groups in total. The van der Waals surface area contributed by atoms with Gasteiger partial charge in [0.15, 0.2) is 6.61 Å². The van der Waals surface area contributed by atoms with Crippen molar-refractivity contribution in [3.63, 3.8) is 0 Å². The molecule has 0 atom stereocenters. The maximum absolute atomic E-state index is 11.1. The van der Waals surface area contributed by atoms with Gasteiger partial charge in [-0.1, -0.05) is 42.5 Å². The van der Waals surface area contributed by atoms with Gasteiger partial charge in [0.25, 0.3) is 5.91 Å². The quantitative estimate of drug-likeness (QED) is 0.689. The summed E-state index contributed by atoms with van der Waals surface area (Å²) in [4.78, 5) is 11.1. The molecule has 5 nitrogen and oxygen atoms in total. The second kappa shape index (κ2) is 10.2. The number of carbonyl (C=O) groups excluding carboxylic acids is 1. The zero-order valence-corrected chi connectivity index (χ0v) is 14.6. The Morgan fingerprint density at radius 3 is 2.60 bits per heavy atom. The highest BCUT2D eigenvalue weighted by atomic mass is 16.5. The van der Waals surface area contributed by atoms with E-state index in [1.165, 1.54) is 0 Å². The van der Waals surface area contributed by atoms with Crippen molar-refractivity contribution in [2.45, 2.75) is 6.54 Å². The van der Waals surface area contributed by atoms with E-state index in [1.54, 1.807) is 14.2 Å². The van der Waals surface area contributed by atoms with Crippen molar-refractivity contribution in [3.05, 3.63) is 65.7 Å². The molecule has 0 saturated carbocycles. The summed E-state index contributed by atoms with van der Waals surface area (Å²) in [7, 11) is 3.26. The highest BCUT2D eigenvalue weighted by Crippen LogP contribution is 2.18. The predicted octanol–water partition coefficient (Wildman–Crippen LogP) is 2.62. The minimum absolute atomic E-state index is 0.0296. The van der Waals surface area contributed by atoms with E-state index in [9.17, 15) is 4.79 Å². The molecule has 0 heterocycles. The second-order valence-electron chi connectivity index (χ2n) is 5.38. The fraction of sp³-hybridized carbons (Fsp3) is 0.250. The number of nitrogens with one attached hydrogen (secondary N) is 2. The smallest absolute Gasteiger partial charge is 0.257 e. The van der Waals surface area contributed by atoms with Crippen molar-refractivity contribution in [3.8, 4) is 11.5 Å². The lowest BCUT2D eigenvalue weighted by molar-refractivity contribution is -0.122. The van der Waals surface area contributed by atoms with E-state index in [1.807, 2.05) is 54.6 Å². The first-order valence-corrected chi connectivity index (χ1v) is 8.15. The molecular formula is C20H24N2O3. The molecule has 0 aliphatic carbocycles. The van der Waals surface area contributed by atoms with Crippen LogP contribution < -0.4 is 20.1 Å². The van der Waals surface area contributed by atoms with Gasteiger partial charge in [-0.2, -0.15) is 0 Å². The van der Waals surface area contributed by atoms with Gasteiger partial charge < -0.3 is 20.1 Å².